The van der Waals surface area contributed by atoms with E-state index in [-0.39, 0.29) is 10.4 Å². The molecule has 0 saturated carbocycles. The Morgan fingerprint density at radius 2 is 1.79 bits per heavy atom. The SMILES string of the molecule is CCC(C(=O)OC)n1c(=NC(=O)c2ccc(C(F)(F)F)cc2)sc2ccccc21. The number of aromatic nitrogens is 1. The van der Waals surface area contributed by atoms with Crippen LogP contribution in [0, 0.1) is 0 Å². The number of methoxy groups -OCH3 is 1. The fourth-order valence-corrected chi connectivity index (χ4v) is 3.98. The van der Waals surface area contributed by atoms with Gasteiger partial charge in [0.25, 0.3) is 5.91 Å². The molecule has 1 aromatic heterocycles. The van der Waals surface area contributed by atoms with Crippen LogP contribution in [0.1, 0.15) is 35.3 Å². The van der Waals surface area contributed by atoms with Crippen molar-refractivity contribution >= 4 is 33.4 Å². The minimum absolute atomic E-state index is 0.0214. The number of carbonyl (C=O) groups excluding carboxylic acids is 2. The smallest absolute Gasteiger partial charge is 0.416 e. The van der Waals surface area contributed by atoms with E-state index in [1.807, 2.05) is 19.1 Å². The van der Waals surface area contributed by atoms with Gasteiger partial charge in [-0.15, -0.1) is 0 Å². The van der Waals surface area contributed by atoms with E-state index in [1.165, 1.54) is 18.4 Å². The normalized spacial score (nSPS) is 13.5. The Labute approximate surface area is 168 Å². The third-order valence-electron chi connectivity index (χ3n) is 4.36. The number of esters is 1. The monoisotopic (exact) mass is 422 g/mol. The van der Waals surface area contributed by atoms with Gasteiger partial charge >= 0.3 is 12.1 Å². The van der Waals surface area contributed by atoms with Crippen LogP contribution in [0.25, 0.3) is 10.2 Å². The van der Waals surface area contributed by atoms with Crippen molar-refractivity contribution in [3.05, 3.63) is 64.5 Å². The van der Waals surface area contributed by atoms with E-state index in [0.29, 0.717) is 11.9 Å². The van der Waals surface area contributed by atoms with Gasteiger partial charge in [-0.3, -0.25) is 4.79 Å². The molecule has 0 aliphatic heterocycles. The Hall–Kier alpha value is -2.94. The summed E-state index contributed by atoms with van der Waals surface area (Å²) in [6.07, 6.45) is -4.07. The maximum atomic E-state index is 12.7. The number of amides is 1. The molecule has 1 unspecified atom stereocenters. The van der Waals surface area contributed by atoms with Crippen molar-refractivity contribution in [3.63, 3.8) is 0 Å². The van der Waals surface area contributed by atoms with Crippen LogP contribution in [0.3, 0.4) is 0 Å². The number of hydrogen-bond acceptors (Lipinski definition) is 4. The van der Waals surface area contributed by atoms with Gasteiger partial charge in [0.2, 0.25) is 0 Å². The summed E-state index contributed by atoms with van der Waals surface area (Å²) < 4.78 is 45.5. The molecule has 5 nitrogen and oxygen atoms in total. The lowest BCUT2D eigenvalue weighted by molar-refractivity contribution is -0.144. The summed E-state index contributed by atoms with van der Waals surface area (Å²) in [6.45, 7) is 1.81. The average molecular weight is 422 g/mol. The molecule has 29 heavy (non-hydrogen) atoms. The molecule has 3 rings (SSSR count). The van der Waals surface area contributed by atoms with Crippen LogP contribution in [0.2, 0.25) is 0 Å². The summed E-state index contributed by atoms with van der Waals surface area (Å²) in [4.78, 5) is 29.2. The fraction of sp³-hybridized carbons (Fsp3) is 0.250. The molecule has 0 bridgehead atoms. The highest BCUT2D eigenvalue weighted by Gasteiger charge is 2.30. The maximum Gasteiger partial charge on any atom is 0.416 e. The van der Waals surface area contributed by atoms with Crippen molar-refractivity contribution in [2.24, 2.45) is 4.99 Å². The van der Waals surface area contributed by atoms with Crippen LogP contribution < -0.4 is 4.80 Å². The first-order chi connectivity index (χ1) is 13.8. The van der Waals surface area contributed by atoms with Crippen molar-refractivity contribution in [2.45, 2.75) is 25.6 Å². The zero-order chi connectivity index (χ0) is 21.2. The largest absolute Gasteiger partial charge is 0.467 e. The van der Waals surface area contributed by atoms with Gasteiger partial charge in [0.1, 0.15) is 6.04 Å². The standard InChI is InChI=1S/C20H17F3N2O3S/c1-3-14(18(27)28-2)25-15-6-4-5-7-16(15)29-19(25)24-17(26)12-8-10-13(11-9-12)20(21,22)23/h4-11,14H,3H2,1-2H3. The summed E-state index contributed by atoms with van der Waals surface area (Å²) in [5, 5.41) is 0. The van der Waals surface area contributed by atoms with Crippen molar-refractivity contribution in [1.82, 2.24) is 4.57 Å². The van der Waals surface area contributed by atoms with Crippen LogP contribution in [-0.2, 0) is 15.7 Å². The number of fused-ring (bicyclic) bond motifs is 1. The zero-order valence-electron chi connectivity index (χ0n) is 15.6. The number of carbonyl (C=O) groups is 2. The summed E-state index contributed by atoms with van der Waals surface area (Å²) >= 11 is 1.21. The first-order valence-electron chi connectivity index (χ1n) is 8.70. The third kappa shape index (κ3) is 4.24. The average Bonchev–Trinajstić information content (AvgIpc) is 3.05. The van der Waals surface area contributed by atoms with Gasteiger partial charge in [-0.1, -0.05) is 30.4 Å². The highest BCUT2D eigenvalue weighted by Crippen LogP contribution is 2.29. The number of nitrogens with zero attached hydrogens (tertiary/aromatic N) is 2. The van der Waals surface area contributed by atoms with Gasteiger partial charge in [0.05, 0.1) is 22.9 Å². The molecule has 9 heteroatoms. The molecule has 0 spiro atoms. The van der Waals surface area contributed by atoms with Crippen LogP contribution in [0.4, 0.5) is 13.2 Å². The van der Waals surface area contributed by atoms with Crippen LogP contribution in [0.15, 0.2) is 53.5 Å². The van der Waals surface area contributed by atoms with E-state index in [2.05, 4.69) is 4.99 Å². The molecule has 0 radical (unpaired) electrons. The number of benzene rings is 2. The van der Waals surface area contributed by atoms with Gasteiger partial charge < -0.3 is 9.30 Å². The molecule has 3 aromatic rings. The number of para-hydroxylation sites is 1. The molecular formula is C20H17F3N2O3S. The number of ether oxygens (including phenoxy) is 1. The summed E-state index contributed by atoms with van der Waals surface area (Å²) in [6, 6.07) is 10.4. The lowest BCUT2D eigenvalue weighted by atomic mass is 10.1. The van der Waals surface area contributed by atoms with Crippen molar-refractivity contribution in [2.75, 3.05) is 7.11 Å². The molecule has 152 valence electrons. The third-order valence-corrected chi connectivity index (χ3v) is 5.40. The second-order valence-electron chi connectivity index (χ2n) is 6.16. The van der Waals surface area contributed by atoms with E-state index < -0.39 is 29.7 Å². The molecule has 1 heterocycles. The minimum atomic E-state index is -4.48. The topological polar surface area (TPSA) is 60.7 Å². The second kappa shape index (κ2) is 8.20. The first-order valence-corrected chi connectivity index (χ1v) is 9.52. The van der Waals surface area contributed by atoms with Crippen molar-refractivity contribution in [3.8, 4) is 0 Å². The molecule has 1 amide bonds. The highest BCUT2D eigenvalue weighted by molar-refractivity contribution is 7.16. The number of halogens is 3. The summed E-state index contributed by atoms with van der Waals surface area (Å²) in [7, 11) is 1.28. The highest BCUT2D eigenvalue weighted by atomic mass is 32.1. The Balaban J connectivity index is 2.11. The number of rotatable bonds is 4. The van der Waals surface area contributed by atoms with Crippen molar-refractivity contribution in [1.29, 1.82) is 0 Å². The molecule has 1 atom stereocenters. The fourth-order valence-electron chi connectivity index (χ4n) is 2.91. The molecule has 0 fully saturated rings. The van der Waals surface area contributed by atoms with E-state index >= 15 is 0 Å². The Morgan fingerprint density at radius 3 is 2.38 bits per heavy atom. The quantitative estimate of drug-likeness (QED) is 0.578. The Morgan fingerprint density at radius 1 is 1.14 bits per heavy atom. The molecule has 2 aromatic carbocycles. The Bertz CT molecular complexity index is 1110. The van der Waals surface area contributed by atoms with E-state index in [9.17, 15) is 22.8 Å². The van der Waals surface area contributed by atoms with Crippen LogP contribution >= 0.6 is 11.3 Å². The molecular weight excluding hydrogens is 405 g/mol. The number of hydrogen-bond donors (Lipinski definition) is 0. The van der Waals surface area contributed by atoms with E-state index in [0.717, 1.165) is 29.0 Å². The van der Waals surface area contributed by atoms with Crippen LogP contribution in [0.5, 0.6) is 0 Å². The summed E-state index contributed by atoms with van der Waals surface area (Å²) in [5.41, 5.74) is -0.107. The molecule has 0 aliphatic carbocycles. The predicted molar refractivity (Wildman–Crippen MR) is 102 cm³/mol. The van der Waals surface area contributed by atoms with E-state index in [1.54, 1.807) is 16.7 Å². The van der Waals surface area contributed by atoms with Gasteiger partial charge in [-0.05, 0) is 42.8 Å². The second-order valence-corrected chi connectivity index (χ2v) is 7.17. The van der Waals surface area contributed by atoms with Gasteiger partial charge in [-0.25, -0.2) is 4.79 Å². The minimum Gasteiger partial charge on any atom is -0.467 e. The Kier molecular flexibility index (Phi) is 5.88. The van der Waals surface area contributed by atoms with E-state index in [4.69, 9.17) is 4.74 Å². The van der Waals surface area contributed by atoms with Crippen LogP contribution in [-0.4, -0.2) is 23.6 Å². The first kappa shape index (κ1) is 20.8. The van der Waals surface area contributed by atoms with Gasteiger partial charge in [0, 0.05) is 5.56 Å². The summed E-state index contributed by atoms with van der Waals surface area (Å²) in [5.74, 6) is -1.17. The van der Waals surface area contributed by atoms with Gasteiger partial charge in [-0.2, -0.15) is 18.2 Å². The lowest BCUT2D eigenvalue weighted by Crippen LogP contribution is -2.28. The number of thiazole rings is 1. The molecule has 0 saturated heterocycles. The lowest BCUT2D eigenvalue weighted by Gasteiger charge is -2.15. The van der Waals surface area contributed by atoms with Crippen molar-refractivity contribution < 1.29 is 27.5 Å². The molecule has 0 aliphatic rings. The molecule has 0 N–H and O–H groups in total. The maximum absolute atomic E-state index is 12.7. The van der Waals surface area contributed by atoms with Gasteiger partial charge in [0.15, 0.2) is 4.80 Å². The number of alkyl halides is 3. The zero-order valence-corrected chi connectivity index (χ0v) is 16.4. The predicted octanol–water partition coefficient (Wildman–Crippen LogP) is 4.59.